The topological polar surface area (TPSA) is 84.0 Å². The summed E-state index contributed by atoms with van der Waals surface area (Å²) in [6.45, 7) is 5.87. The van der Waals surface area contributed by atoms with Gasteiger partial charge in [-0.3, -0.25) is 4.79 Å². The Balaban J connectivity index is 1.99. The summed E-state index contributed by atoms with van der Waals surface area (Å²) in [5.74, 6) is -1.01. The molecule has 1 amide bonds. The van der Waals surface area contributed by atoms with Crippen LogP contribution >= 0.6 is 0 Å². The SMILES string of the molecule is CCN(CC)S(=O)(=O)c1ccc(/C=C/C(=O)O[C@H](C)C(=O)N(C)c2ccccc2)cc1. The molecule has 2 rings (SSSR count). The Kier molecular flexibility index (Phi) is 8.53. The van der Waals surface area contributed by atoms with Crippen LogP contribution in [0.4, 0.5) is 5.69 Å². The Morgan fingerprint density at radius 1 is 1.00 bits per heavy atom. The maximum Gasteiger partial charge on any atom is 0.331 e. The highest BCUT2D eigenvalue weighted by molar-refractivity contribution is 7.89. The van der Waals surface area contributed by atoms with Crippen LogP contribution in [0, 0.1) is 0 Å². The number of likely N-dealkylation sites (N-methyl/N-ethyl adjacent to an activating group) is 1. The Morgan fingerprint density at radius 2 is 1.58 bits per heavy atom. The molecule has 7 nitrogen and oxygen atoms in total. The molecule has 0 saturated carbocycles. The first-order chi connectivity index (χ1) is 14.7. The molecule has 0 heterocycles. The second kappa shape index (κ2) is 10.9. The fourth-order valence-corrected chi connectivity index (χ4v) is 4.40. The average Bonchev–Trinajstić information content (AvgIpc) is 2.78. The number of sulfonamides is 1. The van der Waals surface area contributed by atoms with E-state index in [1.165, 1.54) is 40.4 Å². The van der Waals surface area contributed by atoms with Crippen molar-refractivity contribution >= 4 is 33.7 Å². The van der Waals surface area contributed by atoms with Gasteiger partial charge in [0.05, 0.1) is 4.90 Å². The van der Waals surface area contributed by atoms with E-state index in [9.17, 15) is 18.0 Å². The highest BCUT2D eigenvalue weighted by atomic mass is 32.2. The predicted molar refractivity (Wildman–Crippen MR) is 121 cm³/mol. The van der Waals surface area contributed by atoms with Crippen LogP contribution in [0.15, 0.2) is 65.6 Å². The Labute approximate surface area is 184 Å². The quantitative estimate of drug-likeness (QED) is 0.438. The van der Waals surface area contributed by atoms with Crippen LogP contribution in [-0.2, 0) is 24.3 Å². The summed E-state index contributed by atoms with van der Waals surface area (Å²) in [4.78, 5) is 26.2. The van der Waals surface area contributed by atoms with Gasteiger partial charge in [0.1, 0.15) is 0 Å². The number of ether oxygens (including phenoxy) is 1. The molecule has 0 aromatic heterocycles. The number of anilines is 1. The molecule has 0 aliphatic carbocycles. The lowest BCUT2D eigenvalue weighted by Crippen LogP contribution is -2.37. The van der Waals surface area contributed by atoms with E-state index < -0.39 is 22.1 Å². The van der Waals surface area contributed by atoms with Gasteiger partial charge in [-0.15, -0.1) is 0 Å². The van der Waals surface area contributed by atoms with E-state index in [0.717, 1.165) is 0 Å². The number of nitrogens with zero attached hydrogens (tertiary/aromatic N) is 2. The molecular formula is C23H28N2O5S. The van der Waals surface area contributed by atoms with Crippen molar-refractivity contribution in [3.63, 3.8) is 0 Å². The highest BCUT2D eigenvalue weighted by Crippen LogP contribution is 2.17. The number of para-hydroxylation sites is 1. The Hall–Kier alpha value is -2.97. The van der Waals surface area contributed by atoms with E-state index in [1.54, 1.807) is 45.2 Å². The van der Waals surface area contributed by atoms with Gasteiger partial charge in [-0.2, -0.15) is 4.31 Å². The lowest BCUT2D eigenvalue weighted by Gasteiger charge is -2.21. The fourth-order valence-electron chi connectivity index (χ4n) is 2.94. The largest absolute Gasteiger partial charge is 0.449 e. The van der Waals surface area contributed by atoms with Crippen LogP contribution in [0.3, 0.4) is 0 Å². The smallest absolute Gasteiger partial charge is 0.331 e. The molecule has 31 heavy (non-hydrogen) atoms. The lowest BCUT2D eigenvalue weighted by molar-refractivity contribution is -0.148. The number of carbonyl (C=O) groups excluding carboxylic acids is 2. The third-order valence-corrected chi connectivity index (χ3v) is 6.81. The predicted octanol–water partition coefficient (Wildman–Crippen LogP) is 3.33. The van der Waals surface area contributed by atoms with Gasteiger partial charge in [-0.05, 0) is 42.8 Å². The minimum absolute atomic E-state index is 0.194. The van der Waals surface area contributed by atoms with Gasteiger partial charge in [0.2, 0.25) is 10.0 Å². The van der Waals surface area contributed by atoms with Gasteiger partial charge in [-0.1, -0.05) is 44.2 Å². The molecule has 0 unspecified atom stereocenters. The molecule has 0 fully saturated rings. The molecule has 1 atom stereocenters. The maximum atomic E-state index is 12.5. The lowest BCUT2D eigenvalue weighted by atomic mass is 10.2. The van der Waals surface area contributed by atoms with E-state index in [0.29, 0.717) is 24.3 Å². The number of hydrogen-bond donors (Lipinski definition) is 0. The first-order valence-electron chi connectivity index (χ1n) is 10.0. The fraction of sp³-hybridized carbons (Fsp3) is 0.304. The van der Waals surface area contributed by atoms with Crippen LogP contribution in [-0.4, -0.2) is 50.8 Å². The van der Waals surface area contributed by atoms with E-state index in [2.05, 4.69) is 0 Å². The molecule has 2 aromatic carbocycles. The van der Waals surface area contributed by atoms with Crippen molar-refractivity contribution in [1.82, 2.24) is 4.31 Å². The summed E-state index contributed by atoms with van der Waals surface area (Å²) in [6, 6.07) is 15.3. The molecule has 0 aliphatic rings. The normalized spacial score (nSPS) is 12.7. The summed E-state index contributed by atoms with van der Waals surface area (Å²) in [6.07, 6.45) is 1.76. The second-order valence-corrected chi connectivity index (χ2v) is 8.74. The summed E-state index contributed by atoms with van der Waals surface area (Å²) in [5.41, 5.74) is 1.33. The standard InChI is InChI=1S/C23H28N2O5S/c1-5-25(6-2)31(28,29)21-15-12-19(13-16-21)14-17-22(26)30-18(3)23(27)24(4)20-10-8-7-9-11-20/h7-18H,5-6H2,1-4H3/b17-14+/t18-/m1/s1. The van der Waals surface area contributed by atoms with Crippen molar-refractivity contribution < 1.29 is 22.7 Å². The summed E-state index contributed by atoms with van der Waals surface area (Å²) >= 11 is 0. The zero-order chi connectivity index (χ0) is 23.0. The maximum absolute atomic E-state index is 12.5. The number of amides is 1. The summed E-state index contributed by atoms with van der Waals surface area (Å²) in [5, 5.41) is 0. The number of benzene rings is 2. The number of carbonyl (C=O) groups is 2. The van der Waals surface area contributed by atoms with Crippen molar-refractivity contribution in [3.05, 3.63) is 66.2 Å². The highest BCUT2D eigenvalue weighted by Gasteiger charge is 2.22. The van der Waals surface area contributed by atoms with Gasteiger partial charge in [0.15, 0.2) is 6.10 Å². The van der Waals surface area contributed by atoms with Crippen LogP contribution in [0.5, 0.6) is 0 Å². The summed E-state index contributed by atoms with van der Waals surface area (Å²) in [7, 11) is -1.91. The molecule has 0 bridgehead atoms. The van der Waals surface area contributed by atoms with Crippen molar-refractivity contribution in [3.8, 4) is 0 Å². The average molecular weight is 445 g/mol. The molecule has 2 aromatic rings. The number of hydrogen-bond acceptors (Lipinski definition) is 5. The molecule has 166 valence electrons. The van der Waals surface area contributed by atoms with Crippen molar-refractivity contribution in [2.24, 2.45) is 0 Å². The van der Waals surface area contributed by atoms with Crippen molar-refractivity contribution in [1.29, 1.82) is 0 Å². The van der Waals surface area contributed by atoms with Gasteiger partial charge < -0.3 is 9.64 Å². The van der Waals surface area contributed by atoms with E-state index in [4.69, 9.17) is 4.74 Å². The molecule has 8 heteroatoms. The number of rotatable bonds is 9. The molecule has 0 saturated heterocycles. The minimum Gasteiger partial charge on any atom is -0.449 e. The monoisotopic (exact) mass is 444 g/mol. The first kappa shape index (κ1) is 24.3. The molecule has 0 N–H and O–H groups in total. The van der Waals surface area contributed by atoms with E-state index in [-0.39, 0.29) is 10.8 Å². The Morgan fingerprint density at radius 3 is 2.13 bits per heavy atom. The van der Waals surface area contributed by atoms with Crippen LogP contribution in [0.2, 0.25) is 0 Å². The Bertz CT molecular complexity index is 1010. The van der Waals surface area contributed by atoms with Gasteiger partial charge in [0, 0.05) is 31.9 Å². The zero-order valence-corrected chi connectivity index (χ0v) is 19.0. The van der Waals surface area contributed by atoms with Crippen LogP contribution in [0.1, 0.15) is 26.3 Å². The van der Waals surface area contributed by atoms with Gasteiger partial charge in [0.25, 0.3) is 5.91 Å². The molecule has 0 radical (unpaired) electrons. The van der Waals surface area contributed by atoms with Gasteiger partial charge in [-0.25, -0.2) is 13.2 Å². The third kappa shape index (κ3) is 6.26. The van der Waals surface area contributed by atoms with Crippen LogP contribution in [0.25, 0.3) is 6.08 Å². The van der Waals surface area contributed by atoms with E-state index >= 15 is 0 Å². The van der Waals surface area contributed by atoms with Crippen molar-refractivity contribution in [2.45, 2.75) is 31.8 Å². The van der Waals surface area contributed by atoms with Crippen molar-refractivity contribution in [2.75, 3.05) is 25.0 Å². The number of esters is 1. The minimum atomic E-state index is -3.53. The first-order valence-corrected chi connectivity index (χ1v) is 11.5. The third-order valence-electron chi connectivity index (χ3n) is 4.75. The van der Waals surface area contributed by atoms with Gasteiger partial charge >= 0.3 is 5.97 Å². The molecule has 0 aliphatic heterocycles. The van der Waals surface area contributed by atoms with Crippen LogP contribution < -0.4 is 4.90 Å². The van der Waals surface area contributed by atoms with E-state index in [1.807, 2.05) is 18.2 Å². The molecular weight excluding hydrogens is 416 g/mol. The molecule has 0 spiro atoms. The zero-order valence-electron chi connectivity index (χ0n) is 18.2. The summed E-state index contributed by atoms with van der Waals surface area (Å²) < 4.78 is 31.6. The second-order valence-electron chi connectivity index (χ2n) is 6.80.